The van der Waals surface area contributed by atoms with Crippen molar-refractivity contribution in [3.63, 3.8) is 0 Å². The van der Waals surface area contributed by atoms with Crippen molar-refractivity contribution in [2.45, 2.75) is 32.1 Å². The lowest BCUT2D eigenvalue weighted by molar-refractivity contribution is -0.137. The fourth-order valence-electron chi connectivity index (χ4n) is 3.98. The number of fused-ring (bicyclic) bond motifs is 1. The standard InChI is InChI=1S/C26H26ClF3N2O3/c1-33-11-12-34-22-9-8-18(7-4-10-32-16-19-5-2-3-6-20(19)17-32)24(14-22)35-25-23(27)13-21(15-31-25)26(28,29)30/h2-3,5-6,8-9,13-15H,4,7,10-12,16-17H2,1H3. The van der Waals surface area contributed by atoms with Gasteiger partial charge in [0.2, 0.25) is 5.88 Å². The number of nitrogens with zero attached hydrogens (tertiary/aromatic N) is 2. The fraction of sp³-hybridized carbons (Fsp3) is 0.346. The van der Waals surface area contributed by atoms with Gasteiger partial charge in [-0.05, 0) is 48.2 Å². The third-order valence-corrected chi connectivity index (χ3v) is 6.03. The Hall–Kier alpha value is -2.81. The Kier molecular flexibility index (Phi) is 8.15. The summed E-state index contributed by atoms with van der Waals surface area (Å²) in [5, 5.41) is -0.216. The first-order chi connectivity index (χ1) is 16.8. The molecule has 0 fully saturated rings. The summed E-state index contributed by atoms with van der Waals surface area (Å²) in [7, 11) is 1.58. The molecule has 1 aliphatic rings. The number of alkyl halides is 3. The van der Waals surface area contributed by atoms with E-state index in [1.165, 1.54) is 11.1 Å². The van der Waals surface area contributed by atoms with Gasteiger partial charge in [-0.1, -0.05) is 41.9 Å². The van der Waals surface area contributed by atoms with Gasteiger partial charge < -0.3 is 14.2 Å². The highest BCUT2D eigenvalue weighted by atomic mass is 35.5. The Balaban J connectivity index is 1.46. The van der Waals surface area contributed by atoms with E-state index in [0.29, 0.717) is 37.3 Å². The molecule has 0 saturated heterocycles. The second-order valence-corrected chi connectivity index (χ2v) is 8.71. The van der Waals surface area contributed by atoms with Crippen LogP contribution in [0.4, 0.5) is 13.2 Å². The molecule has 0 N–H and O–H groups in total. The topological polar surface area (TPSA) is 43.8 Å². The van der Waals surface area contributed by atoms with Gasteiger partial charge in [0.1, 0.15) is 23.1 Å². The Bertz CT molecular complexity index is 1130. The molecule has 0 aliphatic carbocycles. The number of aromatic nitrogens is 1. The van der Waals surface area contributed by atoms with Gasteiger partial charge in [0.05, 0.1) is 12.2 Å². The van der Waals surface area contributed by atoms with E-state index < -0.39 is 11.7 Å². The van der Waals surface area contributed by atoms with E-state index in [4.69, 9.17) is 25.8 Å². The van der Waals surface area contributed by atoms with E-state index in [1.807, 2.05) is 12.1 Å². The molecule has 1 aliphatic heterocycles. The van der Waals surface area contributed by atoms with Crippen LogP contribution in [0, 0.1) is 0 Å². The number of benzene rings is 2. The van der Waals surface area contributed by atoms with E-state index in [9.17, 15) is 13.2 Å². The summed E-state index contributed by atoms with van der Waals surface area (Å²) < 4.78 is 55.5. The Morgan fingerprint density at radius 3 is 2.43 bits per heavy atom. The molecule has 0 radical (unpaired) electrons. The molecule has 3 aromatic rings. The van der Waals surface area contributed by atoms with E-state index in [1.54, 1.807) is 13.2 Å². The number of methoxy groups -OCH3 is 1. The first-order valence-electron chi connectivity index (χ1n) is 11.3. The van der Waals surface area contributed by atoms with Crippen LogP contribution in [-0.4, -0.2) is 36.8 Å². The molecule has 0 bridgehead atoms. The number of hydrogen-bond acceptors (Lipinski definition) is 5. The van der Waals surface area contributed by atoms with Gasteiger partial charge in [-0.25, -0.2) is 4.98 Å². The summed E-state index contributed by atoms with van der Waals surface area (Å²) in [6.07, 6.45) is -2.24. The van der Waals surface area contributed by atoms with Gasteiger partial charge in [0.15, 0.2) is 0 Å². The summed E-state index contributed by atoms with van der Waals surface area (Å²) in [6.45, 7) is 3.53. The third-order valence-electron chi connectivity index (χ3n) is 5.76. The molecule has 5 nitrogen and oxygen atoms in total. The molecule has 4 rings (SSSR count). The molecule has 186 valence electrons. The number of hydrogen-bond donors (Lipinski definition) is 0. The van der Waals surface area contributed by atoms with Gasteiger partial charge >= 0.3 is 6.18 Å². The third kappa shape index (κ3) is 6.66. The normalized spacial score (nSPS) is 13.6. The van der Waals surface area contributed by atoms with Crippen molar-refractivity contribution < 1.29 is 27.4 Å². The van der Waals surface area contributed by atoms with E-state index in [-0.39, 0.29) is 10.9 Å². The molecule has 0 unspecified atom stereocenters. The SMILES string of the molecule is COCCOc1ccc(CCCN2Cc3ccccc3C2)c(Oc2ncc(C(F)(F)F)cc2Cl)c1. The molecule has 2 aromatic carbocycles. The van der Waals surface area contributed by atoms with Crippen LogP contribution in [0.2, 0.25) is 5.02 Å². The molecule has 2 heterocycles. The Morgan fingerprint density at radius 2 is 1.77 bits per heavy atom. The fourth-order valence-corrected chi connectivity index (χ4v) is 4.19. The summed E-state index contributed by atoms with van der Waals surface area (Å²) in [4.78, 5) is 6.20. The lowest BCUT2D eigenvalue weighted by atomic mass is 10.1. The van der Waals surface area contributed by atoms with Crippen molar-refractivity contribution in [3.05, 3.63) is 82.0 Å². The van der Waals surface area contributed by atoms with E-state index in [2.05, 4.69) is 34.1 Å². The van der Waals surface area contributed by atoms with Crippen molar-refractivity contribution >= 4 is 11.6 Å². The summed E-state index contributed by atoms with van der Waals surface area (Å²) in [6, 6.07) is 14.7. The molecule has 0 spiro atoms. The lowest BCUT2D eigenvalue weighted by Crippen LogP contribution is -2.18. The highest BCUT2D eigenvalue weighted by molar-refractivity contribution is 6.31. The van der Waals surface area contributed by atoms with Gasteiger partial charge in [0, 0.05) is 32.5 Å². The second kappa shape index (κ2) is 11.3. The zero-order chi connectivity index (χ0) is 24.8. The zero-order valence-electron chi connectivity index (χ0n) is 19.3. The van der Waals surface area contributed by atoms with Crippen LogP contribution < -0.4 is 9.47 Å². The molecule has 1 aromatic heterocycles. The number of halogens is 4. The van der Waals surface area contributed by atoms with Crippen molar-refractivity contribution in [2.24, 2.45) is 0 Å². The average molecular weight is 507 g/mol. The first-order valence-corrected chi connectivity index (χ1v) is 11.7. The van der Waals surface area contributed by atoms with Crippen LogP contribution in [-0.2, 0) is 30.4 Å². The smallest absolute Gasteiger partial charge is 0.417 e. The molecule has 0 atom stereocenters. The van der Waals surface area contributed by atoms with Crippen molar-refractivity contribution in [1.29, 1.82) is 0 Å². The maximum Gasteiger partial charge on any atom is 0.417 e. The van der Waals surface area contributed by atoms with Crippen molar-refractivity contribution in [1.82, 2.24) is 9.88 Å². The maximum absolute atomic E-state index is 13.0. The minimum Gasteiger partial charge on any atom is -0.491 e. The average Bonchev–Trinajstić information content (AvgIpc) is 3.24. The minimum absolute atomic E-state index is 0.0926. The van der Waals surface area contributed by atoms with Gasteiger partial charge in [-0.15, -0.1) is 0 Å². The largest absolute Gasteiger partial charge is 0.491 e. The van der Waals surface area contributed by atoms with Crippen LogP contribution >= 0.6 is 11.6 Å². The predicted molar refractivity (Wildman–Crippen MR) is 127 cm³/mol. The highest BCUT2D eigenvalue weighted by Crippen LogP contribution is 2.36. The molecule has 35 heavy (non-hydrogen) atoms. The molecule has 0 amide bonds. The summed E-state index contributed by atoms with van der Waals surface area (Å²) in [5.74, 6) is 0.905. The quantitative estimate of drug-likeness (QED) is 0.293. The zero-order valence-corrected chi connectivity index (χ0v) is 20.0. The highest BCUT2D eigenvalue weighted by Gasteiger charge is 2.32. The maximum atomic E-state index is 13.0. The van der Waals surface area contributed by atoms with E-state index in [0.717, 1.165) is 37.7 Å². The van der Waals surface area contributed by atoms with Crippen LogP contribution in [0.1, 0.15) is 28.7 Å². The summed E-state index contributed by atoms with van der Waals surface area (Å²) >= 11 is 6.07. The summed E-state index contributed by atoms with van der Waals surface area (Å²) in [5.41, 5.74) is 2.67. The van der Waals surface area contributed by atoms with Crippen molar-refractivity contribution in [3.8, 4) is 17.4 Å². The molecular weight excluding hydrogens is 481 g/mol. The van der Waals surface area contributed by atoms with Crippen LogP contribution in [0.15, 0.2) is 54.7 Å². The first kappa shape index (κ1) is 25.3. The van der Waals surface area contributed by atoms with Crippen LogP contribution in [0.25, 0.3) is 0 Å². The number of rotatable bonds is 10. The van der Waals surface area contributed by atoms with E-state index >= 15 is 0 Å². The monoisotopic (exact) mass is 506 g/mol. The van der Waals surface area contributed by atoms with Gasteiger partial charge in [0.25, 0.3) is 0 Å². The number of pyridine rings is 1. The molecular formula is C26H26ClF3N2O3. The van der Waals surface area contributed by atoms with Crippen LogP contribution in [0.5, 0.6) is 17.4 Å². The van der Waals surface area contributed by atoms with Gasteiger partial charge in [-0.3, -0.25) is 4.90 Å². The van der Waals surface area contributed by atoms with Gasteiger partial charge in [-0.2, -0.15) is 13.2 Å². The molecule has 0 saturated carbocycles. The molecule has 9 heteroatoms. The number of aryl methyl sites for hydroxylation is 1. The van der Waals surface area contributed by atoms with Crippen molar-refractivity contribution in [2.75, 3.05) is 26.9 Å². The minimum atomic E-state index is -4.54. The second-order valence-electron chi connectivity index (χ2n) is 8.30. The van der Waals surface area contributed by atoms with Crippen LogP contribution in [0.3, 0.4) is 0 Å². The lowest BCUT2D eigenvalue weighted by Gasteiger charge is -2.17. The Labute approximate surface area is 207 Å². The Morgan fingerprint density at radius 1 is 1.03 bits per heavy atom. The predicted octanol–water partition coefficient (Wildman–Crippen LogP) is 6.52. The number of ether oxygens (including phenoxy) is 3.